The Kier molecular flexibility index (Phi) is 7.67. The van der Waals surface area contributed by atoms with Gasteiger partial charge in [-0.05, 0) is 111 Å². The molecule has 0 saturated carbocycles. The molecular formula is C54H38N2. The molecule has 2 atom stereocenters. The van der Waals surface area contributed by atoms with Crippen molar-refractivity contribution < 1.29 is 0 Å². The SMILES string of the molecule is C1=CC2c3cc(-c4cccc(-c5ccc6c(c5)c5ccccc5n6-c5cccc(-c6ccccc6)c5)c4)ccc3N(c3ccc(-c4ccccc4)cc3)C2C=C1. The van der Waals surface area contributed by atoms with Crippen LogP contribution >= 0.6 is 0 Å². The molecular weight excluding hydrogens is 677 g/mol. The molecule has 1 aliphatic carbocycles. The van der Waals surface area contributed by atoms with Crippen molar-refractivity contribution in [2.75, 3.05) is 4.90 Å². The van der Waals surface area contributed by atoms with Crippen molar-refractivity contribution in [3.63, 3.8) is 0 Å². The van der Waals surface area contributed by atoms with Crippen LogP contribution < -0.4 is 4.90 Å². The lowest BCUT2D eigenvalue weighted by atomic mass is 9.89. The number of anilines is 2. The summed E-state index contributed by atoms with van der Waals surface area (Å²) >= 11 is 0. The minimum absolute atomic E-state index is 0.244. The normalized spacial score (nSPS) is 15.7. The molecule has 2 nitrogen and oxygen atoms in total. The van der Waals surface area contributed by atoms with Crippen LogP contribution in [0, 0.1) is 0 Å². The van der Waals surface area contributed by atoms with Crippen molar-refractivity contribution in [1.29, 1.82) is 0 Å². The van der Waals surface area contributed by atoms with Gasteiger partial charge >= 0.3 is 0 Å². The fourth-order valence-corrected chi connectivity index (χ4v) is 9.03. The predicted molar refractivity (Wildman–Crippen MR) is 236 cm³/mol. The van der Waals surface area contributed by atoms with Crippen molar-refractivity contribution in [3.8, 4) is 50.2 Å². The average molecular weight is 715 g/mol. The van der Waals surface area contributed by atoms with E-state index < -0.39 is 0 Å². The highest BCUT2D eigenvalue weighted by Gasteiger charge is 2.37. The fraction of sp³-hybridized carbons (Fsp3) is 0.0370. The summed E-state index contributed by atoms with van der Waals surface area (Å²) in [6.45, 7) is 0. The summed E-state index contributed by atoms with van der Waals surface area (Å²) in [4.78, 5) is 2.51. The maximum Gasteiger partial charge on any atom is 0.0629 e. The molecule has 0 bridgehead atoms. The van der Waals surface area contributed by atoms with Crippen molar-refractivity contribution in [1.82, 2.24) is 4.57 Å². The Morgan fingerprint density at radius 2 is 0.893 bits per heavy atom. The molecule has 0 fully saturated rings. The molecule has 0 N–H and O–H groups in total. The highest BCUT2D eigenvalue weighted by atomic mass is 15.2. The molecule has 1 aromatic heterocycles. The molecule has 0 amide bonds. The lowest BCUT2D eigenvalue weighted by Gasteiger charge is -2.28. The molecule has 2 unspecified atom stereocenters. The van der Waals surface area contributed by atoms with Crippen LogP contribution in [0.25, 0.3) is 72.0 Å². The predicted octanol–water partition coefficient (Wildman–Crippen LogP) is 14.2. The largest absolute Gasteiger partial charge is 0.333 e. The maximum atomic E-state index is 2.51. The van der Waals surface area contributed by atoms with E-state index in [1.165, 1.54) is 83.3 Å². The van der Waals surface area contributed by atoms with E-state index >= 15 is 0 Å². The zero-order valence-electron chi connectivity index (χ0n) is 30.8. The second-order valence-corrected chi connectivity index (χ2v) is 14.9. The number of hydrogen-bond donors (Lipinski definition) is 0. The first kappa shape index (κ1) is 32.3. The average Bonchev–Trinajstić information content (AvgIpc) is 3.79. The quantitative estimate of drug-likeness (QED) is 0.166. The van der Waals surface area contributed by atoms with Crippen molar-refractivity contribution in [3.05, 3.63) is 224 Å². The third kappa shape index (κ3) is 5.41. The summed E-state index contributed by atoms with van der Waals surface area (Å²) in [7, 11) is 0. The number of para-hydroxylation sites is 1. The minimum atomic E-state index is 0.244. The van der Waals surface area contributed by atoms with Gasteiger partial charge in [0.25, 0.3) is 0 Å². The number of nitrogens with zero attached hydrogens (tertiary/aromatic N) is 2. The van der Waals surface area contributed by atoms with Crippen molar-refractivity contribution >= 4 is 33.2 Å². The summed E-state index contributed by atoms with van der Waals surface area (Å²) in [5, 5.41) is 2.51. The monoisotopic (exact) mass is 714 g/mol. The van der Waals surface area contributed by atoms with Gasteiger partial charge < -0.3 is 9.47 Å². The van der Waals surface area contributed by atoms with E-state index in [1.54, 1.807) is 0 Å². The first-order valence-corrected chi connectivity index (χ1v) is 19.5. The Morgan fingerprint density at radius 1 is 0.339 bits per heavy atom. The van der Waals surface area contributed by atoms with Gasteiger partial charge in [0.2, 0.25) is 0 Å². The van der Waals surface area contributed by atoms with E-state index in [2.05, 4.69) is 228 Å². The molecule has 2 heteroatoms. The van der Waals surface area contributed by atoms with Gasteiger partial charge in [-0.25, -0.2) is 0 Å². The standard InChI is InChI=1S/C54H38N2/c1-3-13-37(14-4-1)39-25-29-45(30-26-39)55-51-23-9-7-21-47(51)49-35-43(27-31-53(49)55)40-17-11-18-41(33-40)44-28-32-54-50(36-44)48-22-8-10-24-52(48)56(54)46-20-12-19-42(34-46)38-15-5-2-6-16-38/h1-36,47,51H. The molecule has 0 spiro atoms. The Balaban J connectivity index is 0.953. The maximum absolute atomic E-state index is 2.51. The van der Waals surface area contributed by atoms with Crippen molar-refractivity contribution in [2.45, 2.75) is 12.0 Å². The van der Waals surface area contributed by atoms with E-state index in [4.69, 9.17) is 0 Å². The highest BCUT2D eigenvalue weighted by molar-refractivity contribution is 6.10. The molecule has 2 heterocycles. The highest BCUT2D eigenvalue weighted by Crippen LogP contribution is 2.49. The Labute approximate surface area is 327 Å². The van der Waals surface area contributed by atoms with Crippen LogP contribution in [0.15, 0.2) is 218 Å². The van der Waals surface area contributed by atoms with E-state index in [9.17, 15) is 0 Å². The minimum Gasteiger partial charge on any atom is -0.333 e. The number of benzene rings is 8. The summed E-state index contributed by atoms with van der Waals surface area (Å²) in [6, 6.07) is 71.2. The van der Waals surface area contributed by atoms with Crippen LogP contribution in [-0.4, -0.2) is 10.6 Å². The molecule has 9 aromatic rings. The third-order valence-electron chi connectivity index (χ3n) is 11.7. The Bertz CT molecular complexity index is 2970. The molecule has 2 aliphatic rings. The smallest absolute Gasteiger partial charge is 0.0629 e. The van der Waals surface area contributed by atoms with Crippen LogP contribution in [0.1, 0.15) is 11.5 Å². The number of fused-ring (bicyclic) bond motifs is 6. The van der Waals surface area contributed by atoms with E-state index in [-0.39, 0.29) is 6.04 Å². The lowest BCUT2D eigenvalue weighted by molar-refractivity contribution is 0.745. The first-order chi connectivity index (χ1) is 27.8. The second-order valence-electron chi connectivity index (χ2n) is 14.9. The molecule has 0 saturated heterocycles. The zero-order chi connectivity index (χ0) is 37.0. The number of rotatable bonds is 6. The lowest BCUT2D eigenvalue weighted by Crippen LogP contribution is -2.28. The number of allylic oxidation sites excluding steroid dienone is 2. The van der Waals surface area contributed by atoms with Gasteiger partial charge in [-0.15, -0.1) is 0 Å². The summed E-state index contributed by atoms with van der Waals surface area (Å²) in [6.07, 6.45) is 9.11. The topological polar surface area (TPSA) is 8.17 Å². The second kappa shape index (κ2) is 13.3. The van der Waals surface area contributed by atoms with Crippen LogP contribution in [0.4, 0.5) is 11.4 Å². The first-order valence-electron chi connectivity index (χ1n) is 19.5. The van der Waals surface area contributed by atoms with E-state index in [0.717, 1.165) is 5.69 Å². The van der Waals surface area contributed by atoms with Crippen LogP contribution in [0.3, 0.4) is 0 Å². The van der Waals surface area contributed by atoms with Gasteiger partial charge in [-0.3, -0.25) is 0 Å². The van der Waals surface area contributed by atoms with Gasteiger partial charge in [-0.1, -0.05) is 158 Å². The zero-order valence-corrected chi connectivity index (χ0v) is 30.8. The molecule has 56 heavy (non-hydrogen) atoms. The van der Waals surface area contributed by atoms with Gasteiger partial charge in [0.05, 0.1) is 17.1 Å². The molecule has 1 aliphatic heterocycles. The molecule has 264 valence electrons. The fourth-order valence-electron chi connectivity index (χ4n) is 9.03. The number of aromatic nitrogens is 1. The molecule has 11 rings (SSSR count). The van der Waals surface area contributed by atoms with Crippen LogP contribution in [0.2, 0.25) is 0 Å². The van der Waals surface area contributed by atoms with Gasteiger partial charge in [0.15, 0.2) is 0 Å². The van der Waals surface area contributed by atoms with Gasteiger partial charge in [0, 0.05) is 33.8 Å². The van der Waals surface area contributed by atoms with E-state index in [0.29, 0.717) is 5.92 Å². The summed E-state index contributed by atoms with van der Waals surface area (Å²) in [5.74, 6) is 0.292. The molecule has 0 radical (unpaired) electrons. The summed E-state index contributed by atoms with van der Waals surface area (Å²) in [5.41, 5.74) is 17.2. The van der Waals surface area contributed by atoms with Crippen LogP contribution in [0.5, 0.6) is 0 Å². The van der Waals surface area contributed by atoms with E-state index in [1.807, 2.05) is 0 Å². The molecule has 8 aromatic carbocycles. The Hall–Kier alpha value is -7.16. The summed E-state index contributed by atoms with van der Waals surface area (Å²) < 4.78 is 2.41. The Morgan fingerprint density at radius 3 is 1.68 bits per heavy atom. The van der Waals surface area contributed by atoms with Crippen molar-refractivity contribution in [2.24, 2.45) is 0 Å². The van der Waals surface area contributed by atoms with Gasteiger partial charge in [0.1, 0.15) is 0 Å². The van der Waals surface area contributed by atoms with Gasteiger partial charge in [-0.2, -0.15) is 0 Å². The number of hydrogen-bond acceptors (Lipinski definition) is 1. The van der Waals surface area contributed by atoms with Crippen LogP contribution in [-0.2, 0) is 0 Å². The third-order valence-corrected chi connectivity index (χ3v) is 11.7.